The SMILES string of the molecule is CCCCCCCCC=CCC=CCC=CCCCC(=O)OC[C@H](COP(=O)(O)O[C@H]1C(O)C(O)C(O)[C@@H](OP(=O)(O)O)C1O)OC(=O)CCCCCCCC=CCCCCCCCC. The number of hydrogen-bond donors (Lipinski definition) is 7. The standard InChI is InChI=1S/C47H84O16P2/c1-3-5-7-9-11-13-15-17-19-20-22-23-25-27-29-31-33-35-40(48)59-37-39(61-41(49)36-34-32-30-28-26-24-21-18-16-14-12-10-8-6-4-2)38-60-65(57,58)63-47-44(52)42(50)43(51)46(45(47)53)62-64(54,55)56/h17-19,21-23,27,29,39,42-47,50-53H,3-16,20,24-26,28,30-38H2,1-2H3,(H,57,58)(H2,54,55,56)/t39-,42?,43?,44?,45?,46-,47+/m1/s1. The average Bonchev–Trinajstić information content (AvgIpc) is 3.26. The first-order chi connectivity index (χ1) is 31.1. The van der Waals surface area contributed by atoms with Crippen molar-refractivity contribution in [3.05, 3.63) is 48.6 Å². The topological polar surface area (TPSA) is 256 Å². The predicted molar refractivity (Wildman–Crippen MR) is 250 cm³/mol. The zero-order valence-electron chi connectivity index (χ0n) is 39.2. The van der Waals surface area contributed by atoms with E-state index in [1.165, 1.54) is 77.0 Å². The average molecular weight is 967 g/mol. The molecule has 8 atom stereocenters. The highest BCUT2D eigenvalue weighted by atomic mass is 31.2. The van der Waals surface area contributed by atoms with Gasteiger partial charge in [-0.3, -0.25) is 23.2 Å². The number of allylic oxidation sites excluding steroid dienone is 8. The van der Waals surface area contributed by atoms with Gasteiger partial charge in [-0.25, -0.2) is 9.13 Å². The van der Waals surface area contributed by atoms with Crippen LogP contribution in [0.1, 0.15) is 181 Å². The summed E-state index contributed by atoms with van der Waals surface area (Å²) < 4.78 is 49.3. The van der Waals surface area contributed by atoms with Gasteiger partial charge in [0.2, 0.25) is 0 Å². The van der Waals surface area contributed by atoms with Crippen LogP contribution in [0.5, 0.6) is 0 Å². The van der Waals surface area contributed by atoms with Crippen LogP contribution in [-0.2, 0) is 41.8 Å². The van der Waals surface area contributed by atoms with E-state index in [2.05, 4.69) is 54.8 Å². The largest absolute Gasteiger partial charge is 0.472 e. The minimum absolute atomic E-state index is 0.0228. The molecule has 0 radical (unpaired) electrons. The Bertz CT molecular complexity index is 1450. The monoisotopic (exact) mass is 967 g/mol. The summed E-state index contributed by atoms with van der Waals surface area (Å²) in [5.74, 6) is -1.28. The Labute approximate surface area is 388 Å². The number of ether oxygens (including phenoxy) is 2. The molecule has 5 unspecified atom stereocenters. The van der Waals surface area contributed by atoms with Crippen molar-refractivity contribution >= 4 is 27.6 Å². The van der Waals surface area contributed by atoms with E-state index in [-0.39, 0.29) is 12.8 Å². The van der Waals surface area contributed by atoms with Crippen molar-refractivity contribution < 1.29 is 76.9 Å². The summed E-state index contributed by atoms with van der Waals surface area (Å²) in [5, 5.41) is 41.2. The smallest absolute Gasteiger partial charge is 0.462 e. The zero-order valence-corrected chi connectivity index (χ0v) is 40.9. The van der Waals surface area contributed by atoms with Crippen molar-refractivity contribution in [2.75, 3.05) is 13.2 Å². The number of carbonyl (C=O) groups excluding carboxylic acids is 2. The van der Waals surface area contributed by atoms with Crippen LogP contribution in [0, 0.1) is 0 Å². The lowest BCUT2D eigenvalue weighted by atomic mass is 9.85. The molecule has 0 saturated heterocycles. The van der Waals surface area contributed by atoms with Gasteiger partial charge in [0, 0.05) is 12.8 Å². The van der Waals surface area contributed by atoms with Gasteiger partial charge in [0.05, 0.1) is 6.61 Å². The molecule has 1 fully saturated rings. The van der Waals surface area contributed by atoms with Crippen LogP contribution in [0.15, 0.2) is 48.6 Å². The van der Waals surface area contributed by atoms with Crippen molar-refractivity contribution in [2.24, 2.45) is 0 Å². The van der Waals surface area contributed by atoms with E-state index in [4.69, 9.17) is 18.5 Å². The molecule has 0 bridgehead atoms. The van der Waals surface area contributed by atoms with E-state index in [0.717, 1.165) is 57.8 Å². The second kappa shape index (κ2) is 37.9. The number of carbonyl (C=O) groups is 2. The van der Waals surface area contributed by atoms with E-state index in [1.54, 1.807) is 0 Å². The second-order valence-corrected chi connectivity index (χ2v) is 19.4. The molecular weight excluding hydrogens is 882 g/mol. The first-order valence-electron chi connectivity index (χ1n) is 24.2. The molecule has 0 aromatic heterocycles. The van der Waals surface area contributed by atoms with Crippen LogP contribution in [-0.4, -0.2) is 103 Å². The van der Waals surface area contributed by atoms with E-state index >= 15 is 0 Å². The van der Waals surface area contributed by atoms with Gasteiger partial charge in [0.25, 0.3) is 0 Å². The Hall–Kier alpha value is -2.04. The normalized spacial score (nSPS) is 22.0. The van der Waals surface area contributed by atoms with Crippen LogP contribution in [0.4, 0.5) is 0 Å². The van der Waals surface area contributed by atoms with Crippen molar-refractivity contribution in [1.82, 2.24) is 0 Å². The first-order valence-corrected chi connectivity index (χ1v) is 27.2. The van der Waals surface area contributed by atoms with Crippen LogP contribution in [0.3, 0.4) is 0 Å². The summed E-state index contributed by atoms with van der Waals surface area (Å²) in [7, 11) is -10.7. The van der Waals surface area contributed by atoms with Crippen molar-refractivity contribution in [3.8, 4) is 0 Å². The Balaban J connectivity index is 2.63. The fourth-order valence-electron chi connectivity index (χ4n) is 7.09. The lowest BCUT2D eigenvalue weighted by Gasteiger charge is -2.43. The molecule has 0 heterocycles. The van der Waals surface area contributed by atoms with Gasteiger partial charge in [-0.2, -0.15) is 0 Å². The zero-order chi connectivity index (χ0) is 48.2. The molecule has 18 heteroatoms. The summed E-state index contributed by atoms with van der Waals surface area (Å²) in [6.45, 7) is 3.05. The number of rotatable bonds is 40. The molecule has 1 saturated carbocycles. The second-order valence-electron chi connectivity index (χ2n) is 16.8. The summed E-state index contributed by atoms with van der Waals surface area (Å²) in [6.07, 6.45) is 27.9. The predicted octanol–water partition coefficient (Wildman–Crippen LogP) is 9.29. The van der Waals surface area contributed by atoms with Gasteiger partial charge in [-0.15, -0.1) is 0 Å². The van der Waals surface area contributed by atoms with Crippen LogP contribution >= 0.6 is 15.6 Å². The fourth-order valence-corrected chi connectivity index (χ4v) is 8.63. The third-order valence-corrected chi connectivity index (χ3v) is 12.4. The summed E-state index contributed by atoms with van der Waals surface area (Å²) >= 11 is 0. The molecule has 0 aromatic rings. The van der Waals surface area contributed by atoms with Gasteiger partial charge in [0.15, 0.2) is 6.10 Å². The van der Waals surface area contributed by atoms with Crippen LogP contribution in [0.2, 0.25) is 0 Å². The number of esters is 2. The van der Waals surface area contributed by atoms with Gasteiger partial charge in [-0.1, -0.05) is 146 Å². The lowest BCUT2D eigenvalue weighted by molar-refractivity contribution is -0.216. The Kier molecular flexibility index (Phi) is 35.5. The van der Waals surface area contributed by atoms with Crippen molar-refractivity contribution in [1.29, 1.82) is 0 Å². The Morgan fingerprint density at radius 2 is 0.908 bits per heavy atom. The van der Waals surface area contributed by atoms with E-state index in [1.807, 2.05) is 12.2 Å². The summed E-state index contributed by atoms with van der Waals surface area (Å²) in [5.41, 5.74) is 0. The number of hydrogen-bond acceptors (Lipinski definition) is 13. The molecule has 0 amide bonds. The Morgan fingerprint density at radius 1 is 0.492 bits per heavy atom. The molecule has 1 aliphatic carbocycles. The molecule has 16 nitrogen and oxygen atoms in total. The molecule has 0 aliphatic heterocycles. The summed E-state index contributed by atoms with van der Waals surface area (Å²) in [6, 6.07) is 0. The molecule has 0 aromatic carbocycles. The molecule has 7 N–H and O–H groups in total. The molecule has 0 spiro atoms. The fraction of sp³-hybridized carbons (Fsp3) is 0.787. The highest BCUT2D eigenvalue weighted by Gasteiger charge is 2.54. The summed E-state index contributed by atoms with van der Waals surface area (Å²) in [4.78, 5) is 54.3. The van der Waals surface area contributed by atoms with Crippen molar-refractivity contribution in [2.45, 2.75) is 224 Å². The molecule has 1 aliphatic rings. The number of aliphatic hydroxyl groups excluding tert-OH is 4. The van der Waals surface area contributed by atoms with E-state index < -0.39 is 83.5 Å². The minimum atomic E-state index is -5.37. The highest BCUT2D eigenvalue weighted by molar-refractivity contribution is 7.47. The minimum Gasteiger partial charge on any atom is -0.462 e. The van der Waals surface area contributed by atoms with Gasteiger partial charge in [0.1, 0.15) is 43.2 Å². The maximum Gasteiger partial charge on any atom is 0.472 e. The van der Waals surface area contributed by atoms with E-state index in [0.29, 0.717) is 19.3 Å². The lowest BCUT2D eigenvalue weighted by Crippen LogP contribution is -2.64. The van der Waals surface area contributed by atoms with E-state index in [9.17, 15) is 53.8 Å². The van der Waals surface area contributed by atoms with Gasteiger partial charge >= 0.3 is 27.6 Å². The van der Waals surface area contributed by atoms with Crippen LogP contribution in [0.25, 0.3) is 0 Å². The highest BCUT2D eigenvalue weighted by Crippen LogP contribution is 2.49. The molecule has 378 valence electrons. The number of aliphatic hydroxyl groups is 4. The molecule has 65 heavy (non-hydrogen) atoms. The molecule has 1 rings (SSSR count). The number of phosphoric ester groups is 2. The van der Waals surface area contributed by atoms with Gasteiger partial charge in [-0.05, 0) is 70.6 Å². The quantitative estimate of drug-likeness (QED) is 0.0131. The van der Waals surface area contributed by atoms with Crippen LogP contribution < -0.4 is 0 Å². The number of phosphoric acid groups is 2. The Morgan fingerprint density at radius 3 is 1.42 bits per heavy atom. The first kappa shape index (κ1) is 61.0. The third-order valence-electron chi connectivity index (χ3n) is 10.9. The van der Waals surface area contributed by atoms with Crippen molar-refractivity contribution in [3.63, 3.8) is 0 Å². The molecular formula is C47H84O16P2. The maximum absolute atomic E-state index is 13.0. The number of unbranched alkanes of at least 4 members (excludes halogenated alkanes) is 18. The maximum atomic E-state index is 13.0. The third kappa shape index (κ3) is 32.4. The van der Waals surface area contributed by atoms with Gasteiger partial charge < -0.3 is 44.6 Å².